The predicted molar refractivity (Wildman–Crippen MR) is 153 cm³/mol. The highest BCUT2D eigenvalue weighted by atomic mass is 32.2. The monoisotopic (exact) mass is 563 g/mol. The highest BCUT2D eigenvalue weighted by Crippen LogP contribution is 2.36. The van der Waals surface area contributed by atoms with Gasteiger partial charge < -0.3 is 14.8 Å². The Labute approximate surface area is 231 Å². The number of halogens is 1. The van der Waals surface area contributed by atoms with Crippen LogP contribution in [0.25, 0.3) is 33.3 Å². The number of hydrogen-bond donors (Lipinski definition) is 3. The number of nitrogens with one attached hydrogen (secondary N) is 2. The minimum Gasteiger partial charge on any atom is -0.491 e. The number of ether oxygens (including phenoxy) is 1. The molecule has 3 N–H and O–H groups in total. The zero-order valence-corrected chi connectivity index (χ0v) is 23.2. The van der Waals surface area contributed by atoms with Crippen LogP contribution in [-0.4, -0.2) is 52.7 Å². The largest absolute Gasteiger partial charge is 0.491 e. The fourth-order valence-corrected chi connectivity index (χ4v) is 5.34. The first kappa shape index (κ1) is 27.4. The number of aliphatic hydroxyl groups excluding tert-OH is 1. The zero-order chi connectivity index (χ0) is 28.4. The van der Waals surface area contributed by atoms with Gasteiger partial charge in [0.2, 0.25) is 10.0 Å². The number of nitrogens with zero attached hydrogens (tertiary/aromatic N) is 3. The third kappa shape index (κ3) is 5.85. The third-order valence-corrected chi connectivity index (χ3v) is 7.16. The van der Waals surface area contributed by atoms with Crippen LogP contribution in [-0.2, 0) is 16.6 Å². The number of rotatable bonds is 10. The van der Waals surface area contributed by atoms with Crippen LogP contribution in [0.4, 0.5) is 10.1 Å². The quantitative estimate of drug-likeness (QED) is 0.205. The van der Waals surface area contributed by atoms with Gasteiger partial charge in [-0.25, -0.2) is 17.8 Å². The van der Waals surface area contributed by atoms with Gasteiger partial charge in [0, 0.05) is 53.2 Å². The summed E-state index contributed by atoms with van der Waals surface area (Å²) in [7, 11) is -3.56. The first-order chi connectivity index (χ1) is 19.1. The van der Waals surface area contributed by atoms with Crippen LogP contribution in [0, 0.1) is 19.7 Å². The zero-order valence-electron chi connectivity index (χ0n) is 22.4. The van der Waals surface area contributed by atoms with Gasteiger partial charge in [-0.05, 0) is 55.3 Å². The van der Waals surface area contributed by atoms with Crippen LogP contribution in [0.2, 0.25) is 0 Å². The molecule has 0 aliphatic heterocycles. The molecule has 0 amide bonds. The molecule has 5 rings (SSSR count). The number of aromatic nitrogens is 4. The lowest BCUT2D eigenvalue weighted by Crippen LogP contribution is -2.11. The Balaban J connectivity index is 1.53. The highest BCUT2D eigenvalue weighted by molar-refractivity contribution is 7.92. The molecule has 2 aromatic carbocycles. The summed E-state index contributed by atoms with van der Waals surface area (Å²) in [6, 6.07) is 13.7. The van der Waals surface area contributed by atoms with Crippen molar-refractivity contribution in [3.8, 4) is 28.0 Å². The minimum absolute atomic E-state index is 0.0275. The Kier molecular flexibility index (Phi) is 7.59. The number of sulfonamides is 1. The molecule has 0 saturated carbocycles. The van der Waals surface area contributed by atoms with Gasteiger partial charge in [-0.15, -0.1) is 0 Å². The second-order valence-electron chi connectivity index (χ2n) is 9.67. The fourth-order valence-electron chi connectivity index (χ4n) is 4.78. The lowest BCUT2D eigenvalue weighted by Gasteiger charge is -2.14. The summed E-state index contributed by atoms with van der Waals surface area (Å²) in [5, 5.41) is 14.7. The maximum Gasteiger partial charge on any atom is 0.229 e. The van der Waals surface area contributed by atoms with Crippen molar-refractivity contribution in [3.63, 3.8) is 0 Å². The second kappa shape index (κ2) is 11.1. The molecule has 3 heterocycles. The minimum atomic E-state index is -3.56. The molecule has 5 aromatic rings. The van der Waals surface area contributed by atoms with Crippen LogP contribution in [0.15, 0.2) is 60.9 Å². The van der Waals surface area contributed by atoms with Crippen LogP contribution in [0.5, 0.6) is 5.75 Å². The first-order valence-electron chi connectivity index (χ1n) is 12.7. The number of hydrogen-bond acceptors (Lipinski definition) is 6. The van der Waals surface area contributed by atoms with Gasteiger partial charge in [0.15, 0.2) is 0 Å². The van der Waals surface area contributed by atoms with Crippen molar-refractivity contribution in [3.05, 3.63) is 83.7 Å². The van der Waals surface area contributed by atoms with Gasteiger partial charge in [-0.2, -0.15) is 5.10 Å². The smallest absolute Gasteiger partial charge is 0.229 e. The number of anilines is 1. The number of aliphatic hydroxyl groups is 1. The predicted octanol–water partition coefficient (Wildman–Crippen LogP) is 5.03. The van der Waals surface area contributed by atoms with E-state index in [1.165, 1.54) is 12.1 Å². The van der Waals surface area contributed by atoms with Crippen LogP contribution in [0.3, 0.4) is 0 Å². The SMILES string of the molecule is Cc1nn(Cc2cccc(F)c2)c(C)c1-c1c[nH]c2ncc(-c3ccc(OCCCO)c(NS(C)(=O)=O)c3)cc12. The summed E-state index contributed by atoms with van der Waals surface area (Å²) in [5.74, 6) is 0.0880. The van der Waals surface area contributed by atoms with E-state index >= 15 is 0 Å². The van der Waals surface area contributed by atoms with E-state index in [2.05, 4.69) is 14.7 Å². The number of fused-ring (bicyclic) bond motifs is 1. The van der Waals surface area contributed by atoms with Crippen molar-refractivity contribution < 1.29 is 22.7 Å². The Bertz CT molecular complexity index is 1800. The Morgan fingerprint density at radius 1 is 1.12 bits per heavy atom. The van der Waals surface area contributed by atoms with E-state index in [1.807, 2.05) is 42.9 Å². The van der Waals surface area contributed by atoms with Crippen molar-refractivity contribution in [2.75, 3.05) is 24.2 Å². The van der Waals surface area contributed by atoms with Gasteiger partial charge >= 0.3 is 0 Å². The standard InChI is InChI=1S/C29H30FN5O4S/c1-18-28(19(2)35(33-18)17-20-6-4-7-23(30)12-20)25-16-32-29-24(25)13-22(15-31-29)21-8-9-27(39-11-5-10-36)26(14-21)34-40(3,37)38/h4,6-9,12-16,34,36H,5,10-11,17H2,1-3H3,(H,31,32). The molecule has 208 valence electrons. The number of pyridine rings is 1. The molecule has 0 unspecified atom stereocenters. The van der Waals surface area contributed by atoms with Gasteiger partial charge in [0.1, 0.15) is 17.2 Å². The topological polar surface area (TPSA) is 122 Å². The molecule has 40 heavy (non-hydrogen) atoms. The van der Waals surface area contributed by atoms with Crippen LogP contribution < -0.4 is 9.46 Å². The van der Waals surface area contributed by atoms with Gasteiger partial charge in [-0.1, -0.05) is 18.2 Å². The summed E-state index contributed by atoms with van der Waals surface area (Å²) in [4.78, 5) is 7.85. The van der Waals surface area contributed by atoms with Crippen molar-refractivity contribution in [1.29, 1.82) is 0 Å². The summed E-state index contributed by atoms with van der Waals surface area (Å²) >= 11 is 0. The lowest BCUT2D eigenvalue weighted by molar-refractivity contribution is 0.234. The van der Waals surface area contributed by atoms with Crippen molar-refractivity contribution >= 4 is 26.7 Å². The second-order valence-corrected chi connectivity index (χ2v) is 11.4. The summed E-state index contributed by atoms with van der Waals surface area (Å²) in [5.41, 5.74) is 7.04. The van der Waals surface area contributed by atoms with E-state index in [9.17, 15) is 12.8 Å². The molecule has 0 radical (unpaired) electrons. The van der Waals surface area contributed by atoms with E-state index in [-0.39, 0.29) is 19.0 Å². The van der Waals surface area contributed by atoms with E-state index in [0.29, 0.717) is 30.0 Å². The number of aryl methyl sites for hydroxylation is 1. The molecule has 11 heteroatoms. The molecule has 0 fully saturated rings. The van der Waals surface area contributed by atoms with Crippen LogP contribution in [0.1, 0.15) is 23.4 Å². The lowest BCUT2D eigenvalue weighted by atomic mass is 10.0. The normalized spacial score (nSPS) is 11.7. The van der Waals surface area contributed by atoms with Gasteiger partial charge in [0.05, 0.1) is 30.8 Å². The summed E-state index contributed by atoms with van der Waals surface area (Å²) in [6.45, 7) is 4.60. The molecule has 9 nitrogen and oxygen atoms in total. The van der Waals surface area contributed by atoms with E-state index in [4.69, 9.17) is 14.9 Å². The molecule has 0 saturated heterocycles. The molecule has 3 aromatic heterocycles. The maximum atomic E-state index is 13.7. The molecule has 0 spiro atoms. The number of aromatic amines is 1. The summed E-state index contributed by atoms with van der Waals surface area (Å²) in [6.07, 6.45) is 5.13. The molecular formula is C29H30FN5O4S. The average molecular weight is 564 g/mol. The van der Waals surface area contributed by atoms with E-state index in [0.717, 1.165) is 50.8 Å². The summed E-state index contributed by atoms with van der Waals surface area (Å²) < 4.78 is 47.9. The fraction of sp³-hybridized carbons (Fsp3) is 0.241. The Morgan fingerprint density at radius 3 is 2.70 bits per heavy atom. The van der Waals surface area contributed by atoms with E-state index in [1.54, 1.807) is 24.4 Å². The highest BCUT2D eigenvalue weighted by Gasteiger charge is 2.19. The van der Waals surface area contributed by atoms with Crippen LogP contribution >= 0.6 is 0 Å². The average Bonchev–Trinajstić information content (AvgIpc) is 3.43. The van der Waals surface area contributed by atoms with Crippen molar-refractivity contribution in [1.82, 2.24) is 19.7 Å². The van der Waals surface area contributed by atoms with E-state index < -0.39 is 10.0 Å². The molecule has 0 aliphatic carbocycles. The number of H-pyrrole nitrogens is 1. The Hall–Kier alpha value is -4.22. The van der Waals surface area contributed by atoms with Crippen molar-refractivity contribution in [2.24, 2.45) is 0 Å². The third-order valence-electron chi connectivity index (χ3n) is 6.57. The van der Waals surface area contributed by atoms with Gasteiger partial charge in [-0.3, -0.25) is 9.40 Å². The molecule has 0 atom stereocenters. The van der Waals surface area contributed by atoms with Gasteiger partial charge in [0.25, 0.3) is 0 Å². The molecule has 0 bridgehead atoms. The molecule has 0 aliphatic rings. The first-order valence-corrected chi connectivity index (χ1v) is 14.6. The Morgan fingerprint density at radius 2 is 1.95 bits per heavy atom. The maximum absolute atomic E-state index is 13.7. The number of benzene rings is 2. The molecular weight excluding hydrogens is 533 g/mol. The van der Waals surface area contributed by atoms with Crippen molar-refractivity contribution in [2.45, 2.75) is 26.8 Å².